The predicted octanol–water partition coefficient (Wildman–Crippen LogP) is 1.25. The smallest absolute Gasteiger partial charge is 0.163 e. The third-order valence-corrected chi connectivity index (χ3v) is 3.75. The van der Waals surface area contributed by atoms with Gasteiger partial charge in [0.1, 0.15) is 5.60 Å². The average molecular weight is 262 g/mol. The van der Waals surface area contributed by atoms with E-state index >= 15 is 0 Å². The zero-order valence-corrected chi connectivity index (χ0v) is 10.8. The number of fused-ring (bicyclic) bond motifs is 1. The number of aliphatic hydroxyl groups excluding tert-OH is 1. The molecule has 1 unspecified atom stereocenters. The van der Waals surface area contributed by atoms with Crippen LogP contribution in [-0.2, 0) is 4.74 Å². The van der Waals surface area contributed by atoms with Crippen LogP contribution >= 0.6 is 0 Å². The Hall–Kier alpha value is -1.56. The first-order valence-corrected chi connectivity index (χ1v) is 6.36. The summed E-state index contributed by atoms with van der Waals surface area (Å²) in [6.45, 7) is 1.64. The Morgan fingerprint density at radius 3 is 2.95 bits per heavy atom. The van der Waals surface area contributed by atoms with Gasteiger partial charge >= 0.3 is 0 Å². The first-order valence-electron chi connectivity index (χ1n) is 6.36. The molecular formula is C14H18N2O3. The summed E-state index contributed by atoms with van der Waals surface area (Å²) in [7, 11) is 0. The number of aliphatic hydroxyl groups is 2. The zero-order valence-electron chi connectivity index (χ0n) is 10.8. The third kappa shape index (κ3) is 1.90. The number of nitrogen functional groups attached to an aromatic ring is 1. The lowest BCUT2D eigenvalue weighted by molar-refractivity contribution is -0.0849. The summed E-state index contributed by atoms with van der Waals surface area (Å²) in [6.07, 6.45) is 1.43. The van der Waals surface area contributed by atoms with Crippen molar-refractivity contribution in [3.05, 3.63) is 30.5 Å². The molecule has 5 heteroatoms. The largest absolute Gasteiger partial charge is 0.398 e. The van der Waals surface area contributed by atoms with Crippen molar-refractivity contribution in [2.45, 2.75) is 31.3 Å². The zero-order chi connectivity index (χ0) is 13.6. The fraction of sp³-hybridized carbons (Fsp3) is 0.429. The Kier molecular flexibility index (Phi) is 2.78. The third-order valence-electron chi connectivity index (χ3n) is 3.75. The van der Waals surface area contributed by atoms with Gasteiger partial charge in [-0.05, 0) is 25.1 Å². The molecular weight excluding hydrogens is 244 g/mol. The van der Waals surface area contributed by atoms with Crippen molar-refractivity contribution in [2.24, 2.45) is 0 Å². The molecule has 3 atom stereocenters. The lowest BCUT2D eigenvalue weighted by atomic mass is 10.0. The van der Waals surface area contributed by atoms with Crippen molar-refractivity contribution < 1.29 is 14.9 Å². The number of hydrogen-bond acceptors (Lipinski definition) is 4. The summed E-state index contributed by atoms with van der Waals surface area (Å²) in [5, 5.41) is 20.6. The predicted molar refractivity (Wildman–Crippen MR) is 72.6 cm³/mol. The molecule has 102 valence electrons. The number of ether oxygens (including phenoxy) is 1. The quantitative estimate of drug-likeness (QED) is 0.712. The van der Waals surface area contributed by atoms with E-state index in [1.165, 1.54) is 0 Å². The summed E-state index contributed by atoms with van der Waals surface area (Å²) in [4.78, 5) is 0. The fourth-order valence-corrected chi connectivity index (χ4v) is 2.83. The van der Waals surface area contributed by atoms with Crippen LogP contribution in [0.15, 0.2) is 30.5 Å². The molecule has 0 radical (unpaired) electrons. The van der Waals surface area contributed by atoms with Gasteiger partial charge in [-0.25, -0.2) is 0 Å². The minimum atomic E-state index is -1.01. The monoisotopic (exact) mass is 262 g/mol. The lowest BCUT2D eigenvalue weighted by Gasteiger charge is -2.26. The van der Waals surface area contributed by atoms with E-state index in [0.717, 1.165) is 10.9 Å². The minimum Gasteiger partial charge on any atom is -0.398 e. The molecule has 0 bridgehead atoms. The van der Waals surface area contributed by atoms with Gasteiger partial charge in [-0.1, -0.05) is 6.07 Å². The molecule has 1 saturated heterocycles. The minimum absolute atomic E-state index is 0.0893. The second-order valence-corrected chi connectivity index (χ2v) is 5.36. The van der Waals surface area contributed by atoms with Crippen LogP contribution in [0.1, 0.15) is 19.6 Å². The number of benzene rings is 1. The summed E-state index contributed by atoms with van der Waals surface area (Å²) in [6, 6.07) is 7.58. The van der Waals surface area contributed by atoms with Crippen LogP contribution < -0.4 is 5.73 Å². The number of rotatable bonds is 2. The molecule has 3 rings (SSSR count). The van der Waals surface area contributed by atoms with Gasteiger partial charge in [0.05, 0.1) is 18.2 Å². The lowest BCUT2D eigenvalue weighted by Crippen LogP contribution is -2.31. The van der Waals surface area contributed by atoms with Crippen molar-refractivity contribution in [3.8, 4) is 0 Å². The molecule has 2 heterocycles. The molecule has 1 aliphatic rings. The summed E-state index contributed by atoms with van der Waals surface area (Å²) >= 11 is 0. The van der Waals surface area contributed by atoms with Gasteiger partial charge in [-0.3, -0.25) is 0 Å². The maximum Gasteiger partial charge on any atom is 0.163 e. The van der Waals surface area contributed by atoms with Crippen LogP contribution in [-0.4, -0.2) is 33.1 Å². The molecule has 2 aromatic rings. The molecule has 0 aliphatic carbocycles. The van der Waals surface area contributed by atoms with Gasteiger partial charge in [-0.15, -0.1) is 0 Å². The highest BCUT2D eigenvalue weighted by Crippen LogP contribution is 2.40. The number of nitrogens with zero attached hydrogens (tertiary/aromatic N) is 1. The van der Waals surface area contributed by atoms with Gasteiger partial charge < -0.3 is 25.3 Å². The highest BCUT2D eigenvalue weighted by atomic mass is 16.5. The normalized spacial score (nSPS) is 31.1. The SMILES string of the molecule is C[C@@]1(O)C[C@@H](CO)OC1n1ccc2c(N)cccc21. The number of anilines is 1. The van der Waals surface area contributed by atoms with E-state index in [1.807, 2.05) is 35.0 Å². The molecule has 1 fully saturated rings. The highest BCUT2D eigenvalue weighted by Gasteiger charge is 2.44. The Morgan fingerprint density at radius 2 is 2.26 bits per heavy atom. The van der Waals surface area contributed by atoms with Crippen molar-refractivity contribution in [2.75, 3.05) is 12.3 Å². The van der Waals surface area contributed by atoms with E-state index < -0.39 is 11.8 Å². The van der Waals surface area contributed by atoms with E-state index in [1.54, 1.807) is 6.92 Å². The van der Waals surface area contributed by atoms with Crippen LogP contribution in [0.2, 0.25) is 0 Å². The second-order valence-electron chi connectivity index (χ2n) is 5.36. The van der Waals surface area contributed by atoms with Crippen molar-refractivity contribution in [3.63, 3.8) is 0 Å². The Labute approximate surface area is 111 Å². The van der Waals surface area contributed by atoms with Gasteiger partial charge in [0, 0.05) is 23.7 Å². The Morgan fingerprint density at radius 1 is 1.47 bits per heavy atom. The van der Waals surface area contributed by atoms with Crippen molar-refractivity contribution in [1.29, 1.82) is 0 Å². The Bertz CT molecular complexity index is 606. The Balaban J connectivity index is 2.07. The summed E-state index contributed by atoms with van der Waals surface area (Å²) < 4.78 is 7.62. The molecule has 1 aliphatic heterocycles. The van der Waals surface area contributed by atoms with Crippen LogP contribution in [0.4, 0.5) is 5.69 Å². The van der Waals surface area contributed by atoms with Gasteiger partial charge in [0.15, 0.2) is 6.23 Å². The molecule has 0 spiro atoms. The summed E-state index contributed by atoms with van der Waals surface area (Å²) in [5.74, 6) is 0. The standard InChI is InChI=1S/C14H18N2O3/c1-14(18)7-9(8-17)19-13(14)16-6-5-10-11(15)3-2-4-12(10)16/h2-6,9,13,17-18H,7-8,15H2,1H3/t9-,13?,14+/m0/s1. The average Bonchev–Trinajstić information content (AvgIpc) is 2.90. The van der Waals surface area contributed by atoms with E-state index in [2.05, 4.69) is 0 Å². The van der Waals surface area contributed by atoms with Gasteiger partial charge in [-0.2, -0.15) is 0 Å². The fourth-order valence-electron chi connectivity index (χ4n) is 2.83. The van der Waals surface area contributed by atoms with E-state index in [-0.39, 0.29) is 12.7 Å². The summed E-state index contributed by atoms with van der Waals surface area (Å²) in [5.41, 5.74) is 6.54. The van der Waals surface area contributed by atoms with Crippen LogP contribution in [0, 0.1) is 0 Å². The molecule has 19 heavy (non-hydrogen) atoms. The van der Waals surface area contributed by atoms with Gasteiger partial charge in [0.2, 0.25) is 0 Å². The van der Waals surface area contributed by atoms with Gasteiger partial charge in [0.25, 0.3) is 0 Å². The number of aromatic nitrogens is 1. The van der Waals surface area contributed by atoms with E-state index in [4.69, 9.17) is 10.5 Å². The maximum atomic E-state index is 10.5. The van der Waals surface area contributed by atoms with Crippen molar-refractivity contribution in [1.82, 2.24) is 4.57 Å². The molecule has 1 aromatic carbocycles. The first kappa shape index (κ1) is 12.5. The van der Waals surface area contributed by atoms with Crippen LogP contribution in [0.5, 0.6) is 0 Å². The van der Waals surface area contributed by atoms with Crippen LogP contribution in [0.3, 0.4) is 0 Å². The van der Waals surface area contributed by atoms with E-state index in [0.29, 0.717) is 12.1 Å². The molecule has 0 amide bonds. The van der Waals surface area contributed by atoms with E-state index in [9.17, 15) is 10.2 Å². The molecule has 0 saturated carbocycles. The number of hydrogen-bond donors (Lipinski definition) is 3. The molecule has 1 aromatic heterocycles. The highest BCUT2D eigenvalue weighted by molar-refractivity contribution is 5.91. The maximum absolute atomic E-state index is 10.5. The molecule has 4 N–H and O–H groups in total. The number of nitrogens with two attached hydrogens (primary N) is 1. The first-order chi connectivity index (χ1) is 9.03. The van der Waals surface area contributed by atoms with Crippen LogP contribution in [0.25, 0.3) is 10.9 Å². The van der Waals surface area contributed by atoms with Crippen molar-refractivity contribution >= 4 is 16.6 Å². The second kappa shape index (κ2) is 4.23. The topological polar surface area (TPSA) is 80.6 Å². The molecule has 5 nitrogen and oxygen atoms in total.